The van der Waals surface area contributed by atoms with Gasteiger partial charge in [0.25, 0.3) is 0 Å². The van der Waals surface area contributed by atoms with Crippen molar-refractivity contribution in [3.8, 4) is 0 Å². The van der Waals surface area contributed by atoms with E-state index in [-0.39, 0.29) is 30.6 Å². The molecule has 2 aromatic heterocycles. The average molecular weight is 435 g/mol. The van der Waals surface area contributed by atoms with Crippen molar-refractivity contribution < 1.29 is 4.79 Å². The summed E-state index contributed by atoms with van der Waals surface area (Å²) in [6, 6.07) is 17.0. The number of nitrogens with zero attached hydrogens (tertiary/aromatic N) is 3. The molecule has 7 nitrogen and oxygen atoms in total. The monoisotopic (exact) mass is 434 g/mol. The van der Waals surface area contributed by atoms with Gasteiger partial charge in [-0.15, -0.1) is 12.4 Å². The van der Waals surface area contributed by atoms with Crippen LogP contribution in [0.2, 0.25) is 0 Å². The number of nitrogen functional groups attached to an aromatic ring is 1. The molecule has 0 aliphatic heterocycles. The molecule has 8 heteroatoms. The second-order valence-corrected chi connectivity index (χ2v) is 7.09. The molecule has 0 aliphatic rings. The summed E-state index contributed by atoms with van der Waals surface area (Å²) in [5.74, 6) is 1.01. The van der Waals surface area contributed by atoms with Gasteiger partial charge in [-0.25, -0.2) is 4.98 Å². The Morgan fingerprint density at radius 2 is 1.77 bits per heavy atom. The Labute approximate surface area is 186 Å². The number of anilines is 1. The number of carbonyl (C=O) groups is 1. The molecule has 0 bridgehead atoms. The number of amidine groups is 1. The number of hydrogen-bond acceptors (Lipinski definition) is 5. The maximum Gasteiger partial charge on any atom is 0.181 e. The topological polar surface area (TPSA) is 110 Å². The van der Waals surface area contributed by atoms with Crippen molar-refractivity contribution in [2.75, 3.05) is 11.9 Å². The lowest BCUT2D eigenvalue weighted by atomic mass is 10.1. The van der Waals surface area contributed by atoms with Gasteiger partial charge < -0.3 is 15.6 Å². The lowest BCUT2D eigenvalue weighted by Gasteiger charge is -2.06. The van der Waals surface area contributed by atoms with E-state index in [2.05, 4.69) is 14.9 Å². The number of aromatic nitrogens is 3. The van der Waals surface area contributed by atoms with Gasteiger partial charge in [0.1, 0.15) is 11.7 Å². The van der Waals surface area contributed by atoms with Gasteiger partial charge in [-0.05, 0) is 35.9 Å². The first kappa shape index (κ1) is 22.0. The minimum Gasteiger partial charge on any atom is -0.384 e. The van der Waals surface area contributed by atoms with Gasteiger partial charge in [-0.1, -0.05) is 24.3 Å². The largest absolute Gasteiger partial charge is 0.384 e. The number of halogens is 1. The second-order valence-electron chi connectivity index (χ2n) is 7.09. The van der Waals surface area contributed by atoms with Crippen molar-refractivity contribution in [1.29, 1.82) is 5.41 Å². The second kappa shape index (κ2) is 9.40. The van der Waals surface area contributed by atoms with Crippen LogP contribution in [0.5, 0.6) is 0 Å². The van der Waals surface area contributed by atoms with Crippen molar-refractivity contribution in [2.45, 2.75) is 6.42 Å². The molecule has 0 aliphatic carbocycles. The standard InChI is InChI=1S/C23H22N6O.ClH/c1-29-20-7-6-18(27-14-21(30)16-8-10-26-11-9-16)13-19(20)28-22(29)12-15-2-4-17(5-3-15)23(24)25;/h2-11,13,27H,12,14H2,1H3,(H3,24,25);1H. The van der Waals surface area contributed by atoms with Gasteiger partial charge >= 0.3 is 0 Å². The number of benzene rings is 2. The molecule has 0 unspecified atom stereocenters. The fourth-order valence-electron chi connectivity index (χ4n) is 3.32. The number of Topliss-reactive ketones (excluding diaryl/α,β-unsaturated/α-hetero) is 1. The maximum atomic E-state index is 12.3. The molecule has 31 heavy (non-hydrogen) atoms. The summed E-state index contributed by atoms with van der Waals surface area (Å²) in [6.07, 6.45) is 3.90. The van der Waals surface area contributed by atoms with Gasteiger partial charge in [0.2, 0.25) is 0 Å². The fraction of sp³-hybridized carbons (Fsp3) is 0.130. The van der Waals surface area contributed by atoms with Crippen molar-refractivity contribution in [3.63, 3.8) is 0 Å². The number of imidazole rings is 1. The van der Waals surface area contributed by atoms with E-state index in [4.69, 9.17) is 16.1 Å². The zero-order chi connectivity index (χ0) is 21.1. The third kappa shape index (κ3) is 4.90. The van der Waals surface area contributed by atoms with Crippen LogP contribution in [0, 0.1) is 5.41 Å². The van der Waals surface area contributed by atoms with Crippen molar-refractivity contribution in [3.05, 3.63) is 89.5 Å². The summed E-state index contributed by atoms with van der Waals surface area (Å²) in [4.78, 5) is 21.0. The first-order valence-electron chi connectivity index (χ1n) is 9.57. The molecular formula is C23H23ClN6O. The highest BCUT2D eigenvalue weighted by Gasteiger charge is 2.11. The molecule has 0 saturated heterocycles. The Hall–Kier alpha value is -3.71. The average Bonchev–Trinajstić information content (AvgIpc) is 3.07. The van der Waals surface area contributed by atoms with Crippen LogP contribution in [0.4, 0.5) is 5.69 Å². The highest BCUT2D eigenvalue weighted by atomic mass is 35.5. The van der Waals surface area contributed by atoms with Gasteiger partial charge in [-0.2, -0.15) is 0 Å². The number of fused-ring (bicyclic) bond motifs is 1. The highest BCUT2D eigenvalue weighted by Crippen LogP contribution is 2.21. The molecule has 0 fully saturated rings. The number of carbonyl (C=O) groups excluding carboxylic acids is 1. The molecule has 0 atom stereocenters. The van der Waals surface area contributed by atoms with Crippen molar-refractivity contribution >= 4 is 40.7 Å². The number of hydrogen-bond donors (Lipinski definition) is 3. The van der Waals surface area contributed by atoms with E-state index in [0.29, 0.717) is 17.5 Å². The van der Waals surface area contributed by atoms with E-state index >= 15 is 0 Å². The van der Waals surface area contributed by atoms with Gasteiger partial charge in [0, 0.05) is 42.7 Å². The molecule has 2 aromatic carbocycles. The predicted molar refractivity (Wildman–Crippen MR) is 125 cm³/mol. The minimum atomic E-state index is 0. The van der Waals surface area contributed by atoms with E-state index in [1.807, 2.05) is 49.5 Å². The molecular weight excluding hydrogens is 412 g/mol. The van der Waals surface area contributed by atoms with Crippen LogP contribution in [-0.2, 0) is 13.5 Å². The van der Waals surface area contributed by atoms with Crippen molar-refractivity contribution in [1.82, 2.24) is 14.5 Å². The Morgan fingerprint density at radius 1 is 1.06 bits per heavy atom. The van der Waals surface area contributed by atoms with Gasteiger partial charge in [0.05, 0.1) is 17.6 Å². The number of rotatable bonds is 7. The number of nitrogens with one attached hydrogen (secondary N) is 2. The van der Waals surface area contributed by atoms with E-state index in [1.54, 1.807) is 24.5 Å². The normalized spacial score (nSPS) is 10.5. The van der Waals surface area contributed by atoms with Crippen LogP contribution >= 0.6 is 12.4 Å². The van der Waals surface area contributed by atoms with E-state index in [9.17, 15) is 4.79 Å². The zero-order valence-electron chi connectivity index (χ0n) is 17.0. The summed E-state index contributed by atoms with van der Waals surface area (Å²) in [5.41, 5.74) is 10.7. The SMILES string of the molecule is Cl.Cn1c(Cc2ccc(C(=N)N)cc2)nc2cc(NCC(=O)c3ccncc3)ccc21. The Balaban J connectivity index is 0.00000272. The lowest BCUT2D eigenvalue weighted by Crippen LogP contribution is -2.13. The number of nitrogens with two attached hydrogens (primary N) is 1. The van der Waals surface area contributed by atoms with E-state index < -0.39 is 0 Å². The lowest BCUT2D eigenvalue weighted by molar-refractivity contribution is 0.101. The molecule has 0 radical (unpaired) electrons. The summed E-state index contributed by atoms with van der Waals surface area (Å²) in [6.45, 7) is 0.206. The van der Waals surface area contributed by atoms with Crippen LogP contribution in [0.15, 0.2) is 67.0 Å². The molecule has 2 heterocycles. The highest BCUT2D eigenvalue weighted by molar-refractivity contribution is 5.99. The Morgan fingerprint density at radius 3 is 2.45 bits per heavy atom. The van der Waals surface area contributed by atoms with E-state index in [1.165, 1.54) is 0 Å². The number of aryl methyl sites for hydroxylation is 1. The molecule has 4 N–H and O–H groups in total. The minimum absolute atomic E-state index is 0. The summed E-state index contributed by atoms with van der Waals surface area (Å²) in [5, 5.41) is 10.7. The van der Waals surface area contributed by atoms with Crippen LogP contribution < -0.4 is 11.1 Å². The van der Waals surface area contributed by atoms with Crippen LogP contribution in [0.25, 0.3) is 11.0 Å². The third-order valence-corrected chi connectivity index (χ3v) is 5.06. The zero-order valence-corrected chi connectivity index (χ0v) is 17.8. The molecule has 0 amide bonds. The van der Waals surface area contributed by atoms with Crippen LogP contribution in [-0.4, -0.2) is 32.7 Å². The van der Waals surface area contributed by atoms with Crippen LogP contribution in [0.1, 0.15) is 27.3 Å². The quantitative estimate of drug-likeness (QED) is 0.234. The van der Waals surface area contributed by atoms with Crippen molar-refractivity contribution in [2.24, 2.45) is 12.8 Å². The third-order valence-electron chi connectivity index (χ3n) is 5.06. The van der Waals surface area contributed by atoms with Gasteiger partial charge in [-0.3, -0.25) is 15.2 Å². The molecule has 0 saturated carbocycles. The summed E-state index contributed by atoms with van der Waals surface area (Å²) in [7, 11) is 1.99. The smallest absolute Gasteiger partial charge is 0.181 e. The van der Waals surface area contributed by atoms with Crippen LogP contribution in [0.3, 0.4) is 0 Å². The first-order valence-corrected chi connectivity index (χ1v) is 9.57. The molecule has 4 aromatic rings. The number of pyridine rings is 1. The maximum absolute atomic E-state index is 12.3. The first-order chi connectivity index (χ1) is 14.5. The number of ketones is 1. The Kier molecular flexibility index (Phi) is 6.67. The molecule has 4 rings (SSSR count). The molecule has 0 spiro atoms. The Bertz CT molecular complexity index is 1220. The molecule has 158 valence electrons. The predicted octanol–water partition coefficient (Wildman–Crippen LogP) is 3.56. The summed E-state index contributed by atoms with van der Waals surface area (Å²) < 4.78 is 2.07. The summed E-state index contributed by atoms with van der Waals surface area (Å²) >= 11 is 0. The van der Waals surface area contributed by atoms with Gasteiger partial charge in [0.15, 0.2) is 5.78 Å². The fourth-order valence-corrected chi connectivity index (χ4v) is 3.32. The van der Waals surface area contributed by atoms with E-state index in [0.717, 1.165) is 28.1 Å².